The number of carbonyl (C=O) groups is 1. The Bertz CT molecular complexity index is 524. The standard InChI is InChI=1S/C17H23FN2O/c1-3-17(2)16(21)20(14-6-4-5-7-14)15(19-17)12-8-10-13(18)11-9-12/h8-11,14-15,19H,3-7H2,1-2H3. The Balaban J connectivity index is 1.95. The van der Waals surface area contributed by atoms with Crippen LogP contribution in [-0.2, 0) is 4.79 Å². The Hall–Kier alpha value is -1.42. The van der Waals surface area contributed by atoms with Gasteiger partial charge in [-0.15, -0.1) is 0 Å². The summed E-state index contributed by atoms with van der Waals surface area (Å²) in [5, 5.41) is 3.48. The summed E-state index contributed by atoms with van der Waals surface area (Å²) in [4.78, 5) is 14.9. The van der Waals surface area contributed by atoms with Gasteiger partial charge < -0.3 is 4.90 Å². The molecular formula is C17H23FN2O. The van der Waals surface area contributed by atoms with E-state index in [-0.39, 0.29) is 17.9 Å². The molecule has 1 aromatic rings. The van der Waals surface area contributed by atoms with Crippen molar-refractivity contribution in [2.45, 2.75) is 63.7 Å². The number of benzene rings is 1. The molecule has 2 aliphatic rings. The van der Waals surface area contributed by atoms with Crippen LogP contribution < -0.4 is 5.32 Å². The lowest BCUT2D eigenvalue weighted by molar-refractivity contribution is -0.135. The van der Waals surface area contributed by atoms with E-state index in [4.69, 9.17) is 0 Å². The highest BCUT2D eigenvalue weighted by Crippen LogP contribution is 2.38. The van der Waals surface area contributed by atoms with Gasteiger partial charge in [-0.2, -0.15) is 0 Å². The van der Waals surface area contributed by atoms with E-state index in [0.29, 0.717) is 6.04 Å². The van der Waals surface area contributed by atoms with Gasteiger partial charge in [0.1, 0.15) is 12.0 Å². The largest absolute Gasteiger partial charge is 0.318 e. The van der Waals surface area contributed by atoms with Crippen LogP contribution in [0.1, 0.15) is 57.7 Å². The Labute approximate surface area is 125 Å². The van der Waals surface area contributed by atoms with Crippen LogP contribution in [0.25, 0.3) is 0 Å². The SMILES string of the molecule is CCC1(C)NC(c2ccc(F)cc2)N(C2CCCC2)C1=O. The van der Waals surface area contributed by atoms with Crippen molar-refractivity contribution in [2.24, 2.45) is 0 Å². The van der Waals surface area contributed by atoms with E-state index in [2.05, 4.69) is 5.32 Å². The van der Waals surface area contributed by atoms with E-state index in [1.54, 1.807) is 12.1 Å². The van der Waals surface area contributed by atoms with Crippen LogP contribution in [0.5, 0.6) is 0 Å². The molecule has 0 spiro atoms. The molecule has 1 amide bonds. The third kappa shape index (κ3) is 2.46. The minimum absolute atomic E-state index is 0.133. The number of rotatable bonds is 3. The fourth-order valence-corrected chi connectivity index (χ4v) is 3.54. The van der Waals surface area contributed by atoms with Gasteiger partial charge in [-0.3, -0.25) is 10.1 Å². The lowest BCUT2D eigenvalue weighted by atomic mass is 9.99. The number of nitrogens with one attached hydrogen (secondary N) is 1. The summed E-state index contributed by atoms with van der Waals surface area (Å²) in [6.07, 6.45) is 5.15. The van der Waals surface area contributed by atoms with Gasteiger partial charge in [-0.25, -0.2) is 4.39 Å². The summed E-state index contributed by atoms with van der Waals surface area (Å²) in [6, 6.07) is 6.81. The van der Waals surface area contributed by atoms with Crippen LogP contribution in [-0.4, -0.2) is 22.4 Å². The highest BCUT2D eigenvalue weighted by molar-refractivity contribution is 5.89. The van der Waals surface area contributed by atoms with Gasteiger partial charge in [0.15, 0.2) is 0 Å². The monoisotopic (exact) mass is 290 g/mol. The zero-order chi connectivity index (χ0) is 15.0. The molecule has 0 radical (unpaired) electrons. The van der Waals surface area contributed by atoms with Crippen molar-refractivity contribution < 1.29 is 9.18 Å². The number of hydrogen-bond acceptors (Lipinski definition) is 2. The van der Waals surface area contributed by atoms with Crippen LogP contribution in [0, 0.1) is 5.82 Å². The van der Waals surface area contributed by atoms with Crippen molar-refractivity contribution in [3.8, 4) is 0 Å². The highest BCUT2D eigenvalue weighted by atomic mass is 19.1. The lowest BCUT2D eigenvalue weighted by Gasteiger charge is -2.30. The molecule has 1 saturated heterocycles. The van der Waals surface area contributed by atoms with E-state index in [1.807, 2.05) is 18.7 Å². The van der Waals surface area contributed by atoms with Crippen molar-refractivity contribution in [1.29, 1.82) is 0 Å². The molecule has 1 aliphatic heterocycles. The van der Waals surface area contributed by atoms with Crippen LogP contribution in [0.4, 0.5) is 4.39 Å². The number of nitrogens with zero attached hydrogens (tertiary/aromatic N) is 1. The Kier molecular flexibility index (Phi) is 3.74. The van der Waals surface area contributed by atoms with E-state index >= 15 is 0 Å². The quantitative estimate of drug-likeness (QED) is 0.925. The maximum absolute atomic E-state index is 13.2. The van der Waals surface area contributed by atoms with Crippen LogP contribution in [0.15, 0.2) is 24.3 Å². The van der Waals surface area contributed by atoms with Gasteiger partial charge in [0.05, 0.1) is 5.54 Å². The molecule has 114 valence electrons. The summed E-state index contributed by atoms with van der Waals surface area (Å²) in [7, 11) is 0. The maximum atomic E-state index is 13.2. The zero-order valence-corrected chi connectivity index (χ0v) is 12.7. The molecule has 3 nitrogen and oxygen atoms in total. The molecule has 1 aromatic carbocycles. The average Bonchev–Trinajstić information content (AvgIpc) is 3.08. The van der Waals surface area contributed by atoms with E-state index in [1.165, 1.54) is 25.0 Å². The maximum Gasteiger partial charge on any atom is 0.244 e. The van der Waals surface area contributed by atoms with Gasteiger partial charge in [0.25, 0.3) is 0 Å². The Morgan fingerprint density at radius 2 is 1.90 bits per heavy atom. The molecule has 2 fully saturated rings. The van der Waals surface area contributed by atoms with Gasteiger partial charge in [-0.05, 0) is 43.9 Å². The molecule has 3 rings (SSSR count). The summed E-state index contributed by atoms with van der Waals surface area (Å²) < 4.78 is 13.2. The summed E-state index contributed by atoms with van der Waals surface area (Å²) in [5.41, 5.74) is 0.454. The fourth-order valence-electron chi connectivity index (χ4n) is 3.54. The van der Waals surface area contributed by atoms with Gasteiger partial charge in [0.2, 0.25) is 5.91 Å². The first-order valence-electron chi connectivity index (χ1n) is 7.91. The molecule has 4 heteroatoms. The molecule has 1 aliphatic carbocycles. The second-order valence-corrected chi connectivity index (χ2v) is 6.43. The summed E-state index contributed by atoms with van der Waals surface area (Å²) in [6.45, 7) is 4.01. The molecule has 2 unspecified atom stereocenters. The number of halogens is 1. The molecule has 2 atom stereocenters. The van der Waals surface area contributed by atoms with Crippen molar-refractivity contribution in [2.75, 3.05) is 0 Å². The predicted octanol–water partition coefficient (Wildman–Crippen LogP) is 3.37. The normalized spacial score (nSPS) is 30.3. The molecule has 21 heavy (non-hydrogen) atoms. The van der Waals surface area contributed by atoms with E-state index in [0.717, 1.165) is 24.8 Å². The number of carbonyl (C=O) groups excluding carboxylic acids is 1. The third-order valence-electron chi connectivity index (χ3n) is 5.05. The number of amides is 1. The fraction of sp³-hybridized carbons (Fsp3) is 0.588. The molecule has 0 bridgehead atoms. The number of hydrogen-bond donors (Lipinski definition) is 1. The van der Waals surface area contributed by atoms with Crippen molar-refractivity contribution in [3.05, 3.63) is 35.6 Å². The van der Waals surface area contributed by atoms with Crippen LogP contribution in [0.2, 0.25) is 0 Å². The molecular weight excluding hydrogens is 267 g/mol. The second-order valence-electron chi connectivity index (χ2n) is 6.43. The molecule has 1 heterocycles. The first-order chi connectivity index (χ1) is 10.0. The lowest BCUT2D eigenvalue weighted by Crippen LogP contribution is -2.44. The molecule has 0 aromatic heterocycles. The average molecular weight is 290 g/mol. The topological polar surface area (TPSA) is 32.3 Å². The van der Waals surface area contributed by atoms with E-state index < -0.39 is 5.54 Å². The van der Waals surface area contributed by atoms with Crippen molar-refractivity contribution in [1.82, 2.24) is 10.2 Å². The minimum Gasteiger partial charge on any atom is -0.318 e. The van der Waals surface area contributed by atoms with Crippen LogP contribution >= 0.6 is 0 Å². The Morgan fingerprint density at radius 1 is 1.29 bits per heavy atom. The first-order valence-corrected chi connectivity index (χ1v) is 7.91. The van der Waals surface area contributed by atoms with Gasteiger partial charge in [0, 0.05) is 6.04 Å². The van der Waals surface area contributed by atoms with E-state index in [9.17, 15) is 9.18 Å². The van der Waals surface area contributed by atoms with Crippen molar-refractivity contribution >= 4 is 5.91 Å². The Morgan fingerprint density at radius 3 is 2.48 bits per heavy atom. The third-order valence-corrected chi connectivity index (χ3v) is 5.05. The highest BCUT2D eigenvalue weighted by Gasteiger charge is 2.49. The first kappa shape index (κ1) is 14.5. The van der Waals surface area contributed by atoms with Crippen molar-refractivity contribution in [3.63, 3.8) is 0 Å². The van der Waals surface area contributed by atoms with Gasteiger partial charge in [-0.1, -0.05) is 31.9 Å². The molecule has 1 N–H and O–H groups in total. The zero-order valence-electron chi connectivity index (χ0n) is 12.7. The van der Waals surface area contributed by atoms with Crippen LogP contribution in [0.3, 0.4) is 0 Å². The second kappa shape index (κ2) is 5.41. The predicted molar refractivity (Wildman–Crippen MR) is 80.1 cm³/mol. The molecule has 1 saturated carbocycles. The van der Waals surface area contributed by atoms with Gasteiger partial charge >= 0.3 is 0 Å². The minimum atomic E-state index is -0.512. The smallest absolute Gasteiger partial charge is 0.244 e. The summed E-state index contributed by atoms with van der Waals surface area (Å²) in [5.74, 6) is -0.0556. The summed E-state index contributed by atoms with van der Waals surface area (Å²) >= 11 is 0.